The minimum atomic E-state index is 0. The summed E-state index contributed by atoms with van der Waals surface area (Å²) in [7, 11) is 0. The summed E-state index contributed by atoms with van der Waals surface area (Å²) in [6.07, 6.45) is 8.07. The van der Waals surface area contributed by atoms with Gasteiger partial charge in [0.05, 0.1) is 0 Å². The number of aromatic nitrogens is 2. The van der Waals surface area contributed by atoms with Crippen molar-refractivity contribution in [3.63, 3.8) is 0 Å². The molecule has 4 nitrogen and oxygen atoms in total. The Labute approximate surface area is 273 Å². The second-order valence-electron chi connectivity index (χ2n) is 12.4. The van der Waals surface area contributed by atoms with Crippen molar-refractivity contribution in [2.75, 3.05) is 9.80 Å². The van der Waals surface area contributed by atoms with E-state index in [4.69, 9.17) is 0 Å². The maximum atomic E-state index is 4.48. The topological polar surface area (TPSA) is 33.5 Å². The third kappa shape index (κ3) is 6.77. The Morgan fingerprint density at radius 1 is 0.558 bits per heavy atom. The molecule has 229 valence electrons. The van der Waals surface area contributed by atoms with Crippen LogP contribution in [0.3, 0.4) is 0 Å². The van der Waals surface area contributed by atoms with Crippen molar-refractivity contribution < 1.29 is 22.4 Å². The Morgan fingerprint density at radius 2 is 1.00 bits per heavy atom. The molecule has 1 radical (unpaired) electrons. The summed E-state index contributed by atoms with van der Waals surface area (Å²) in [5, 5.41) is 2.32. The summed E-state index contributed by atoms with van der Waals surface area (Å²) in [6.45, 7) is 20.5. The molecule has 6 rings (SSSR count). The van der Waals surface area contributed by atoms with E-state index in [1.165, 1.54) is 39.0 Å². The molecular weight excluding hydrogens is 709 g/mol. The average Bonchev–Trinajstić information content (AvgIpc) is 3.61. The Hall–Kier alpha value is -3.31. The molecule has 1 aliphatic rings. The molecule has 2 aromatic heterocycles. The fraction of sp³-hybridized carbons (Fsp3) is 0.316. The predicted molar refractivity (Wildman–Crippen MR) is 180 cm³/mol. The quantitative estimate of drug-likeness (QED) is 0.128. The first-order valence-electron chi connectivity index (χ1n) is 15.3. The molecule has 3 aromatic carbocycles. The summed E-state index contributed by atoms with van der Waals surface area (Å²) in [4.78, 5) is 13.2. The molecule has 0 saturated carbocycles. The van der Waals surface area contributed by atoms with E-state index in [2.05, 4.69) is 137 Å². The van der Waals surface area contributed by atoms with Crippen LogP contribution in [0, 0.1) is 6.67 Å². The summed E-state index contributed by atoms with van der Waals surface area (Å²) in [5.41, 5.74) is 10.4. The van der Waals surface area contributed by atoms with Gasteiger partial charge < -0.3 is 14.8 Å². The van der Waals surface area contributed by atoms with Gasteiger partial charge in [-0.2, -0.15) is 0 Å². The summed E-state index contributed by atoms with van der Waals surface area (Å²) < 4.78 is 0. The van der Waals surface area contributed by atoms with Crippen molar-refractivity contribution in [1.29, 1.82) is 0 Å². The molecule has 0 atom stereocenters. The van der Waals surface area contributed by atoms with Crippen LogP contribution in [0.15, 0.2) is 91.5 Å². The second-order valence-corrected chi connectivity index (χ2v) is 12.4. The van der Waals surface area contributed by atoms with Gasteiger partial charge >= 0.3 is 0 Å². The maximum absolute atomic E-state index is 4.48. The van der Waals surface area contributed by atoms with Gasteiger partial charge in [0.15, 0.2) is 0 Å². The van der Waals surface area contributed by atoms with Gasteiger partial charge in [-0.25, -0.2) is 0 Å². The minimum absolute atomic E-state index is 0. The van der Waals surface area contributed by atoms with Crippen LogP contribution in [-0.4, -0.2) is 4.98 Å². The van der Waals surface area contributed by atoms with Crippen LogP contribution in [0.1, 0.15) is 101 Å². The Kier molecular flexibility index (Phi) is 10.6. The Bertz CT molecular complexity index is 1520. The third-order valence-corrected chi connectivity index (χ3v) is 8.07. The Morgan fingerprint density at radius 3 is 1.47 bits per heavy atom. The minimum Gasteiger partial charge on any atom is -0.657 e. The number of fused-ring (bicyclic) bond motifs is 3. The van der Waals surface area contributed by atoms with Gasteiger partial charge in [0.25, 0.3) is 0 Å². The van der Waals surface area contributed by atoms with E-state index >= 15 is 0 Å². The van der Waals surface area contributed by atoms with Gasteiger partial charge in [0.1, 0.15) is 0 Å². The zero-order valence-electron chi connectivity index (χ0n) is 26.6. The standard InChI is InChI=1S/C27H37N2.C11H7N2.Au/c1-18(2)22-11-9-12-23(19(3)4)26(22)28-15-16-29(17-28)27-24(20(5)6)13-10-14-25(27)21(7)8;1-2-4-10-8(3-1)9-7-12-6-5-11(9)13-10;/h9-21H,1-8H3;1-7H;/q2*-1;. The van der Waals surface area contributed by atoms with Gasteiger partial charge in [-0.05, 0) is 69.1 Å². The molecule has 5 aromatic rings. The molecule has 0 fully saturated rings. The van der Waals surface area contributed by atoms with Gasteiger partial charge in [-0.1, -0.05) is 122 Å². The van der Waals surface area contributed by atoms with Crippen LogP contribution in [0.5, 0.6) is 0 Å². The fourth-order valence-corrected chi connectivity index (χ4v) is 5.86. The van der Waals surface area contributed by atoms with Gasteiger partial charge in [0, 0.05) is 46.1 Å². The first kappa shape index (κ1) is 32.6. The molecule has 1 aliphatic heterocycles. The van der Waals surface area contributed by atoms with Gasteiger partial charge in [-0.3, -0.25) is 4.98 Å². The van der Waals surface area contributed by atoms with E-state index in [0.717, 1.165) is 16.4 Å². The van der Waals surface area contributed by atoms with E-state index in [-0.39, 0.29) is 22.4 Å². The number of pyridine rings is 1. The van der Waals surface area contributed by atoms with Crippen molar-refractivity contribution in [2.45, 2.75) is 79.1 Å². The van der Waals surface area contributed by atoms with Crippen LogP contribution in [0.2, 0.25) is 0 Å². The number of hydrogen-bond donors (Lipinski definition) is 0. The molecule has 0 saturated heterocycles. The first-order valence-corrected chi connectivity index (χ1v) is 15.3. The first-order chi connectivity index (χ1) is 20.2. The summed E-state index contributed by atoms with van der Waals surface area (Å²) in [6, 6.07) is 23.6. The van der Waals surface area contributed by atoms with Crippen LogP contribution in [-0.2, 0) is 22.4 Å². The number of nitrogens with zero attached hydrogens (tertiary/aromatic N) is 4. The summed E-state index contributed by atoms with van der Waals surface area (Å²) >= 11 is 0. The zero-order valence-corrected chi connectivity index (χ0v) is 28.8. The van der Waals surface area contributed by atoms with E-state index in [9.17, 15) is 0 Å². The Balaban J connectivity index is 0.000000250. The van der Waals surface area contributed by atoms with Gasteiger partial charge in [-0.15, -0.1) is 17.7 Å². The largest absolute Gasteiger partial charge is 0.657 e. The third-order valence-electron chi connectivity index (χ3n) is 8.07. The predicted octanol–water partition coefficient (Wildman–Crippen LogP) is 10.4. The number of benzene rings is 3. The molecule has 3 heterocycles. The molecule has 0 bridgehead atoms. The molecule has 0 aliphatic carbocycles. The number of hydrogen-bond acceptors (Lipinski definition) is 3. The molecule has 0 amide bonds. The van der Waals surface area contributed by atoms with E-state index < -0.39 is 0 Å². The van der Waals surface area contributed by atoms with E-state index in [1.807, 2.05) is 30.5 Å². The zero-order chi connectivity index (χ0) is 30.0. The average molecular weight is 754 g/mol. The number of rotatable bonds is 6. The van der Waals surface area contributed by atoms with Crippen LogP contribution >= 0.6 is 0 Å². The van der Waals surface area contributed by atoms with Crippen molar-refractivity contribution in [1.82, 2.24) is 9.97 Å². The van der Waals surface area contributed by atoms with E-state index in [1.54, 1.807) is 6.20 Å². The van der Waals surface area contributed by atoms with Crippen LogP contribution < -0.4 is 14.8 Å². The molecular formula is C38H44AuN4-2. The number of anilines is 2. The normalized spacial score (nSPS) is 13.0. The molecule has 5 heteroatoms. The molecule has 0 N–H and O–H groups in total. The van der Waals surface area contributed by atoms with Crippen molar-refractivity contribution in [2.24, 2.45) is 0 Å². The SMILES string of the molecule is CC(C)c1cccc(C(C)C)c1N1C=CN(c2c(C(C)C)cccc2C(C)C)[CH-]1.[Au].c1ccc2c(c1)[n-]c1ccncc12. The smallest absolute Gasteiger partial charge is 0.0333 e. The van der Waals surface area contributed by atoms with Crippen LogP contribution in [0.25, 0.3) is 21.8 Å². The van der Waals surface area contributed by atoms with Crippen molar-refractivity contribution >= 4 is 33.2 Å². The van der Waals surface area contributed by atoms with Gasteiger partial charge in [0.2, 0.25) is 0 Å². The second kappa shape index (κ2) is 14.0. The van der Waals surface area contributed by atoms with Crippen molar-refractivity contribution in [3.8, 4) is 0 Å². The van der Waals surface area contributed by atoms with Crippen LogP contribution in [0.4, 0.5) is 11.4 Å². The summed E-state index contributed by atoms with van der Waals surface area (Å²) in [5.74, 6) is 1.92. The van der Waals surface area contributed by atoms with Crippen molar-refractivity contribution in [3.05, 3.63) is 120 Å². The molecule has 0 spiro atoms. The number of para-hydroxylation sites is 3. The molecule has 43 heavy (non-hydrogen) atoms. The monoisotopic (exact) mass is 753 g/mol. The van der Waals surface area contributed by atoms with E-state index in [0.29, 0.717) is 23.7 Å². The molecule has 0 unspecified atom stereocenters. The fourth-order valence-electron chi connectivity index (χ4n) is 5.86. The maximum Gasteiger partial charge on any atom is 0.0333 e.